The Bertz CT molecular complexity index is 608. The van der Waals surface area contributed by atoms with Gasteiger partial charge in [-0.25, -0.2) is 4.39 Å². The first-order valence-corrected chi connectivity index (χ1v) is 5.73. The maximum Gasteiger partial charge on any atom is 0.173 e. The molecule has 0 atom stereocenters. The number of benzene rings is 2. The Kier molecular flexibility index (Phi) is 3.80. The summed E-state index contributed by atoms with van der Waals surface area (Å²) in [5.41, 5.74) is 0.211. The highest BCUT2D eigenvalue weighted by Gasteiger charge is 2.14. The maximum absolute atomic E-state index is 13.8. The third-order valence-corrected chi connectivity index (χ3v) is 2.61. The van der Waals surface area contributed by atoms with Crippen molar-refractivity contribution in [1.29, 1.82) is 0 Å². The molecule has 2 aromatic rings. The van der Waals surface area contributed by atoms with E-state index in [0.29, 0.717) is 11.5 Å². The van der Waals surface area contributed by atoms with Crippen LogP contribution in [0.5, 0.6) is 17.2 Å². The minimum atomic E-state index is -0.574. The van der Waals surface area contributed by atoms with Gasteiger partial charge in [0.05, 0.1) is 12.7 Å². The topological polar surface area (TPSA) is 35.5 Å². The molecule has 0 aliphatic carbocycles. The highest BCUT2D eigenvalue weighted by atomic mass is 19.1. The molecule has 0 N–H and O–H groups in total. The number of Topliss-reactive ketones (excluding diaryl/α,β-unsaturated/α-hetero) is 1. The molecule has 0 aromatic heterocycles. The summed E-state index contributed by atoms with van der Waals surface area (Å²) >= 11 is 0. The Morgan fingerprint density at radius 2 is 1.79 bits per heavy atom. The molecule has 0 radical (unpaired) electrons. The van der Waals surface area contributed by atoms with Crippen LogP contribution in [-0.4, -0.2) is 12.9 Å². The van der Waals surface area contributed by atoms with Crippen molar-refractivity contribution in [2.24, 2.45) is 0 Å². The first kappa shape index (κ1) is 13.1. The van der Waals surface area contributed by atoms with Gasteiger partial charge in [0.15, 0.2) is 17.3 Å². The van der Waals surface area contributed by atoms with E-state index in [2.05, 4.69) is 0 Å². The number of carbonyl (C=O) groups is 1. The molecule has 0 saturated carbocycles. The second-order valence-corrected chi connectivity index (χ2v) is 3.95. The van der Waals surface area contributed by atoms with Crippen LogP contribution in [0.25, 0.3) is 0 Å². The zero-order valence-electron chi connectivity index (χ0n) is 10.6. The number of rotatable bonds is 4. The van der Waals surface area contributed by atoms with Gasteiger partial charge in [0, 0.05) is 6.07 Å². The van der Waals surface area contributed by atoms with Crippen LogP contribution in [0.4, 0.5) is 4.39 Å². The van der Waals surface area contributed by atoms with Crippen LogP contribution < -0.4 is 9.47 Å². The van der Waals surface area contributed by atoms with Gasteiger partial charge in [-0.05, 0) is 31.2 Å². The van der Waals surface area contributed by atoms with Gasteiger partial charge in [-0.15, -0.1) is 0 Å². The summed E-state index contributed by atoms with van der Waals surface area (Å²) in [6.07, 6.45) is 0. The molecule has 0 fully saturated rings. The van der Waals surface area contributed by atoms with Crippen LogP contribution in [0, 0.1) is 5.82 Å². The van der Waals surface area contributed by atoms with Crippen LogP contribution in [-0.2, 0) is 0 Å². The fraction of sp³-hybridized carbons (Fsp3) is 0.133. The van der Waals surface area contributed by atoms with Gasteiger partial charge >= 0.3 is 0 Å². The number of ketones is 1. The van der Waals surface area contributed by atoms with Crippen LogP contribution in [0.3, 0.4) is 0 Å². The van der Waals surface area contributed by atoms with E-state index >= 15 is 0 Å². The predicted molar refractivity (Wildman–Crippen MR) is 69.5 cm³/mol. The number of ether oxygens (including phenoxy) is 2. The fourth-order valence-corrected chi connectivity index (χ4v) is 1.67. The number of halogens is 1. The quantitative estimate of drug-likeness (QED) is 0.784. The zero-order valence-corrected chi connectivity index (χ0v) is 10.6. The lowest BCUT2D eigenvalue weighted by Gasteiger charge is -2.11. The molecular formula is C15H13FO3. The van der Waals surface area contributed by atoms with Crippen molar-refractivity contribution in [2.75, 3.05) is 7.11 Å². The summed E-state index contributed by atoms with van der Waals surface area (Å²) in [4.78, 5) is 11.5. The number of hydrogen-bond donors (Lipinski definition) is 0. The summed E-state index contributed by atoms with van der Waals surface area (Å²) in [5.74, 6) is 0.112. The monoisotopic (exact) mass is 260 g/mol. The third-order valence-electron chi connectivity index (χ3n) is 2.61. The highest BCUT2D eigenvalue weighted by Crippen LogP contribution is 2.30. The Morgan fingerprint density at radius 3 is 2.47 bits per heavy atom. The fourth-order valence-electron chi connectivity index (χ4n) is 1.67. The number of hydrogen-bond acceptors (Lipinski definition) is 3. The summed E-state index contributed by atoms with van der Waals surface area (Å²) in [6, 6.07) is 11.0. The molecule has 0 aliphatic heterocycles. The SMILES string of the molecule is COc1cccc(Oc2c(F)cccc2C(C)=O)c1. The predicted octanol–water partition coefficient (Wildman–Crippen LogP) is 3.83. The largest absolute Gasteiger partial charge is 0.497 e. The Labute approximate surface area is 110 Å². The van der Waals surface area contributed by atoms with Crippen LogP contribution in [0.15, 0.2) is 42.5 Å². The van der Waals surface area contributed by atoms with E-state index in [4.69, 9.17) is 9.47 Å². The lowest BCUT2D eigenvalue weighted by Crippen LogP contribution is -1.99. The van der Waals surface area contributed by atoms with Gasteiger partial charge in [-0.3, -0.25) is 4.79 Å². The third kappa shape index (κ3) is 2.91. The van der Waals surface area contributed by atoms with E-state index in [1.165, 1.54) is 32.2 Å². The van der Waals surface area contributed by atoms with Crippen molar-refractivity contribution in [3.8, 4) is 17.2 Å². The summed E-state index contributed by atoms with van der Waals surface area (Å²) in [6.45, 7) is 1.37. The molecule has 98 valence electrons. The minimum absolute atomic E-state index is 0.0664. The molecule has 0 bridgehead atoms. The van der Waals surface area contributed by atoms with E-state index in [1.807, 2.05) is 0 Å². The first-order chi connectivity index (χ1) is 9.11. The summed E-state index contributed by atoms with van der Waals surface area (Å²) in [5, 5.41) is 0. The first-order valence-electron chi connectivity index (χ1n) is 5.73. The second-order valence-electron chi connectivity index (χ2n) is 3.95. The van der Waals surface area contributed by atoms with Crippen LogP contribution >= 0.6 is 0 Å². The van der Waals surface area contributed by atoms with Gasteiger partial charge in [-0.1, -0.05) is 12.1 Å². The zero-order chi connectivity index (χ0) is 13.8. The van der Waals surface area contributed by atoms with E-state index < -0.39 is 5.82 Å². The van der Waals surface area contributed by atoms with Crippen molar-refractivity contribution in [2.45, 2.75) is 6.92 Å². The molecule has 0 unspecified atom stereocenters. The summed E-state index contributed by atoms with van der Waals surface area (Å²) in [7, 11) is 1.53. The Balaban J connectivity index is 2.40. The molecule has 0 heterocycles. The van der Waals surface area contributed by atoms with Crippen molar-refractivity contribution in [1.82, 2.24) is 0 Å². The molecule has 0 amide bonds. The van der Waals surface area contributed by atoms with Crippen molar-refractivity contribution >= 4 is 5.78 Å². The molecular weight excluding hydrogens is 247 g/mol. The lowest BCUT2D eigenvalue weighted by atomic mass is 10.1. The highest BCUT2D eigenvalue weighted by molar-refractivity contribution is 5.96. The normalized spacial score (nSPS) is 10.1. The van der Waals surface area contributed by atoms with Gasteiger partial charge in [0.1, 0.15) is 11.5 Å². The van der Waals surface area contributed by atoms with Crippen molar-refractivity contribution < 1.29 is 18.7 Å². The maximum atomic E-state index is 13.8. The second kappa shape index (κ2) is 5.52. The molecule has 2 rings (SSSR count). The van der Waals surface area contributed by atoms with Gasteiger partial charge in [0.25, 0.3) is 0 Å². The molecule has 0 saturated heterocycles. The molecule has 3 nitrogen and oxygen atoms in total. The van der Waals surface area contributed by atoms with Crippen molar-refractivity contribution in [3.63, 3.8) is 0 Å². The number of methoxy groups -OCH3 is 1. The smallest absolute Gasteiger partial charge is 0.173 e. The van der Waals surface area contributed by atoms with E-state index in [1.54, 1.807) is 24.3 Å². The molecule has 2 aromatic carbocycles. The summed E-state index contributed by atoms with van der Waals surface area (Å²) < 4.78 is 24.3. The van der Waals surface area contributed by atoms with E-state index in [9.17, 15) is 9.18 Å². The lowest BCUT2D eigenvalue weighted by molar-refractivity contribution is 0.101. The minimum Gasteiger partial charge on any atom is -0.497 e. The molecule has 0 aliphatic rings. The van der Waals surface area contributed by atoms with Gasteiger partial charge in [-0.2, -0.15) is 0 Å². The average molecular weight is 260 g/mol. The van der Waals surface area contributed by atoms with E-state index in [0.717, 1.165) is 0 Å². The molecule has 19 heavy (non-hydrogen) atoms. The number of carbonyl (C=O) groups excluding carboxylic acids is 1. The Morgan fingerprint density at radius 1 is 1.11 bits per heavy atom. The van der Waals surface area contributed by atoms with Crippen LogP contribution in [0.2, 0.25) is 0 Å². The average Bonchev–Trinajstić information content (AvgIpc) is 2.41. The molecule has 0 spiro atoms. The van der Waals surface area contributed by atoms with Gasteiger partial charge in [0.2, 0.25) is 0 Å². The molecule has 4 heteroatoms. The van der Waals surface area contributed by atoms with Crippen LogP contribution in [0.1, 0.15) is 17.3 Å². The number of para-hydroxylation sites is 1. The van der Waals surface area contributed by atoms with Crippen molar-refractivity contribution in [3.05, 3.63) is 53.8 Å². The standard InChI is InChI=1S/C15H13FO3/c1-10(17)13-7-4-8-14(16)15(13)19-12-6-3-5-11(9-12)18-2/h3-9H,1-2H3. The Hall–Kier alpha value is -2.36. The van der Waals surface area contributed by atoms with E-state index in [-0.39, 0.29) is 17.1 Å². The van der Waals surface area contributed by atoms with Gasteiger partial charge < -0.3 is 9.47 Å².